The SMILES string of the molecule is CCS(=O)(=O)C1CCN(C(=O)c2ccc(CS(C)(=O)=O)cc2)CC1. The second-order valence-electron chi connectivity index (χ2n) is 6.21. The molecule has 8 heteroatoms. The maximum atomic E-state index is 12.5. The zero-order chi connectivity index (χ0) is 18.0. The van der Waals surface area contributed by atoms with Crippen molar-refractivity contribution in [3.8, 4) is 0 Å². The van der Waals surface area contributed by atoms with E-state index >= 15 is 0 Å². The van der Waals surface area contributed by atoms with Crippen LogP contribution in [0.15, 0.2) is 24.3 Å². The number of amides is 1. The van der Waals surface area contributed by atoms with Crippen LogP contribution in [0.4, 0.5) is 0 Å². The monoisotopic (exact) mass is 373 g/mol. The minimum atomic E-state index is -3.11. The van der Waals surface area contributed by atoms with Crippen LogP contribution in [-0.4, -0.2) is 58.0 Å². The van der Waals surface area contributed by atoms with Crippen LogP contribution in [0.25, 0.3) is 0 Å². The number of hydrogen-bond acceptors (Lipinski definition) is 5. The second kappa shape index (κ2) is 7.23. The summed E-state index contributed by atoms with van der Waals surface area (Å²) in [5, 5.41) is -0.358. The molecule has 24 heavy (non-hydrogen) atoms. The normalized spacial score (nSPS) is 17.0. The van der Waals surface area contributed by atoms with Gasteiger partial charge in [0.25, 0.3) is 5.91 Å². The summed E-state index contributed by atoms with van der Waals surface area (Å²) in [6.45, 7) is 2.49. The van der Waals surface area contributed by atoms with Gasteiger partial charge < -0.3 is 4.90 Å². The number of hydrogen-bond donors (Lipinski definition) is 0. The van der Waals surface area contributed by atoms with E-state index in [0.717, 1.165) is 0 Å². The largest absolute Gasteiger partial charge is 0.339 e. The summed E-state index contributed by atoms with van der Waals surface area (Å²) < 4.78 is 46.4. The van der Waals surface area contributed by atoms with E-state index in [4.69, 9.17) is 0 Å². The molecule has 1 aliphatic heterocycles. The van der Waals surface area contributed by atoms with Crippen LogP contribution in [0.2, 0.25) is 0 Å². The zero-order valence-electron chi connectivity index (χ0n) is 13.9. The van der Waals surface area contributed by atoms with E-state index < -0.39 is 19.7 Å². The van der Waals surface area contributed by atoms with Crippen LogP contribution < -0.4 is 0 Å². The average Bonchev–Trinajstić information content (AvgIpc) is 2.53. The minimum absolute atomic E-state index is 0.0538. The van der Waals surface area contributed by atoms with Gasteiger partial charge in [-0.15, -0.1) is 0 Å². The Bertz CT molecular complexity index is 789. The summed E-state index contributed by atoms with van der Waals surface area (Å²) in [5.74, 6) is -0.0666. The highest BCUT2D eigenvalue weighted by Gasteiger charge is 2.30. The van der Waals surface area contributed by atoms with Crippen LogP contribution in [0.3, 0.4) is 0 Å². The molecule has 1 fully saturated rings. The smallest absolute Gasteiger partial charge is 0.253 e. The number of sulfone groups is 2. The van der Waals surface area contributed by atoms with Gasteiger partial charge in [0, 0.05) is 30.7 Å². The molecule has 1 aromatic rings. The number of likely N-dealkylation sites (tertiary alicyclic amines) is 1. The first-order valence-electron chi connectivity index (χ1n) is 7.90. The van der Waals surface area contributed by atoms with Crippen LogP contribution in [0, 0.1) is 0 Å². The molecule has 0 N–H and O–H groups in total. The molecule has 1 aromatic carbocycles. The highest BCUT2D eigenvalue weighted by molar-refractivity contribution is 7.92. The lowest BCUT2D eigenvalue weighted by molar-refractivity contribution is 0.0725. The van der Waals surface area contributed by atoms with Crippen molar-refractivity contribution in [1.29, 1.82) is 0 Å². The van der Waals surface area contributed by atoms with Gasteiger partial charge in [0.1, 0.15) is 0 Å². The Hall–Kier alpha value is -1.41. The third kappa shape index (κ3) is 4.80. The molecular weight excluding hydrogens is 350 g/mol. The fraction of sp³-hybridized carbons (Fsp3) is 0.562. The lowest BCUT2D eigenvalue weighted by Gasteiger charge is -2.31. The topological polar surface area (TPSA) is 88.6 Å². The molecule has 1 saturated heterocycles. The van der Waals surface area contributed by atoms with Gasteiger partial charge in [0.05, 0.1) is 11.0 Å². The molecule has 134 valence electrons. The molecule has 6 nitrogen and oxygen atoms in total. The van der Waals surface area contributed by atoms with Crippen LogP contribution in [-0.2, 0) is 25.4 Å². The first-order valence-corrected chi connectivity index (χ1v) is 11.7. The Kier molecular flexibility index (Phi) is 5.70. The van der Waals surface area contributed by atoms with E-state index in [1.54, 1.807) is 36.1 Å². The first-order chi connectivity index (χ1) is 11.1. The van der Waals surface area contributed by atoms with Gasteiger partial charge in [-0.3, -0.25) is 4.79 Å². The van der Waals surface area contributed by atoms with Gasteiger partial charge in [-0.1, -0.05) is 19.1 Å². The second-order valence-corrected chi connectivity index (χ2v) is 10.9. The van der Waals surface area contributed by atoms with Crippen LogP contribution >= 0.6 is 0 Å². The Balaban J connectivity index is 2.01. The average molecular weight is 373 g/mol. The van der Waals surface area contributed by atoms with E-state index in [2.05, 4.69) is 0 Å². The lowest BCUT2D eigenvalue weighted by atomic mass is 10.1. The van der Waals surface area contributed by atoms with Crippen molar-refractivity contribution in [2.24, 2.45) is 0 Å². The lowest BCUT2D eigenvalue weighted by Crippen LogP contribution is -2.42. The molecule has 0 bridgehead atoms. The molecule has 2 rings (SSSR count). The molecule has 1 aliphatic rings. The molecule has 0 radical (unpaired) electrons. The molecule has 1 heterocycles. The summed E-state index contributed by atoms with van der Waals surface area (Å²) in [6, 6.07) is 6.53. The van der Waals surface area contributed by atoms with E-state index in [9.17, 15) is 21.6 Å². The molecule has 0 aliphatic carbocycles. The zero-order valence-corrected chi connectivity index (χ0v) is 15.6. The van der Waals surface area contributed by atoms with E-state index in [1.807, 2.05) is 0 Å². The molecule has 0 unspecified atom stereocenters. The number of rotatable bonds is 5. The van der Waals surface area contributed by atoms with Crippen molar-refractivity contribution in [1.82, 2.24) is 4.90 Å². The van der Waals surface area contributed by atoms with Crippen LogP contribution in [0.1, 0.15) is 35.7 Å². The highest BCUT2D eigenvalue weighted by Crippen LogP contribution is 2.20. The van der Waals surface area contributed by atoms with Crippen molar-refractivity contribution >= 4 is 25.6 Å². The van der Waals surface area contributed by atoms with Crippen molar-refractivity contribution in [2.45, 2.75) is 30.8 Å². The maximum absolute atomic E-state index is 12.5. The standard InChI is InChI=1S/C16H23NO5S2/c1-3-24(21,22)15-8-10-17(11-9-15)16(18)14-6-4-13(5-7-14)12-23(2,19)20/h4-7,15H,3,8-12H2,1-2H3. The number of piperidine rings is 1. The minimum Gasteiger partial charge on any atom is -0.339 e. The van der Waals surface area contributed by atoms with E-state index in [-0.39, 0.29) is 22.7 Å². The fourth-order valence-corrected chi connectivity index (χ4v) is 5.08. The molecule has 0 saturated carbocycles. The van der Waals surface area contributed by atoms with Gasteiger partial charge in [-0.25, -0.2) is 16.8 Å². The summed E-state index contributed by atoms with van der Waals surface area (Å²) in [6.07, 6.45) is 2.10. The number of carbonyl (C=O) groups excluding carboxylic acids is 1. The third-order valence-electron chi connectivity index (χ3n) is 4.27. The van der Waals surface area contributed by atoms with Crippen molar-refractivity contribution < 1.29 is 21.6 Å². The molecule has 0 aromatic heterocycles. The Morgan fingerprint density at radius 1 is 1.08 bits per heavy atom. The van der Waals surface area contributed by atoms with E-state index in [1.165, 1.54) is 6.26 Å². The summed E-state index contributed by atoms with van der Waals surface area (Å²) >= 11 is 0. The third-order valence-corrected chi connectivity index (χ3v) is 7.42. The Labute approximate surface area is 143 Å². The molecular formula is C16H23NO5S2. The van der Waals surface area contributed by atoms with Gasteiger partial charge in [0.2, 0.25) is 0 Å². The summed E-state index contributed by atoms with van der Waals surface area (Å²) in [7, 11) is -6.16. The van der Waals surface area contributed by atoms with Crippen molar-refractivity contribution in [2.75, 3.05) is 25.1 Å². The van der Waals surface area contributed by atoms with Crippen molar-refractivity contribution in [3.63, 3.8) is 0 Å². The predicted molar refractivity (Wildman–Crippen MR) is 93.4 cm³/mol. The van der Waals surface area contributed by atoms with Crippen molar-refractivity contribution in [3.05, 3.63) is 35.4 Å². The Morgan fingerprint density at radius 2 is 1.62 bits per heavy atom. The molecule has 0 atom stereocenters. The summed E-state index contributed by atoms with van der Waals surface area (Å²) in [5.41, 5.74) is 1.13. The maximum Gasteiger partial charge on any atom is 0.253 e. The predicted octanol–water partition coefficient (Wildman–Crippen LogP) is 1.27. The van der Waals surface area contributed by atoms with Crippen LogP contribution in [0.5, 0.6) is 0 Å². The molecule has 1 amide bonds. The fourth-order valence-electron chi connectivity index (χ4n) is 2.88. The number of carbonyl (C=O) groups is 1. The quantitative estimate of drug-likeness (QED) is 0.775. The van der Waals surface area contributed by atoms with Gasteiger partial charge in [-0.2, -0.15) is 0 Å². The summed E-state index contributed by atoms with van der Waals surface area (Å²) in [4.78, 5) is 14.1. The van der Waals surface area contributed by atoms with Gasteiger partial charge >= 0.3 is 0 Å². The van der Waals surface area contributed by atoms with E-state index in [0.29, 0.717) is 37.1 Å². The van der Waals surface area contributed by atoms with Gasteiger partial charge in [0.15, 0.2) is 19.7 Å². The number of benzene rings is 1. The molecule has 0 spiro atoms. The first kappa shape index (κ1) is 18.9. The number of nitrogens with zero attached hydrogens (tertiary/aromatic N) is 1. The van der Waals surface area contributed by atoms with Gasteiger partial charge in [-0.05, 0) is 30.5 Å². The highest BCUT2D eigenvalue weighted by atomic mass is 32.2. The Morgan fingerprint density at radius 3 is 2.08 bits per heavy atom.